The van der Waals surface area contributed by atoms with Crippen LogP contribution in [0, 0.1) is 13.8 Å². The van der Waals surface area contributed by atoms with Crippen molar-refractivity contribution in [2.24, 2.45) is 0 Å². The lowest BCUT2D eigenvalue weighted by atomic mass is 9.98. The Morgan fingerprint density at radius 2 is 1.74 bits per heavy atom. The summed E-state index contributed by atoms with van der Waals surface area (Å²) in [5.41, 5.74) is 4.24. The van der Waals surface area contributed by atoms with Crippen LogP contribution in [0.15, 0.2) is 65.8 Å². The molecule has 3 N–H and O–H groups in total. The Labute approximate surface area is 281 Å². The number of aliphatic carboxylic acids is 1. The number of aryl methyl sites for hydroxylation is 1. The molecule has 3 rings (SSSR count). The quantitative estimate of drug-likeness (QED) is 0.155. The van der Waals surface area contributed by atoms with Crippen LogP contribution in [0.3, 0.4) is 0 Å². The number of aromatic nitrogens is 1. The first kappa shape index (κ1) is 38.1. The summed E-state index contributed by atoms with van der Waals surface area (Å²) in [5.74, 6) is -2.71. The number of nitrogens with zero attached hydrogens (tertiary/aromatic N) is 2. The molecule has 256 valence electrons. The molecule has 2 aromatic carbocycles. The van der Waals surface area contributed by atoms with Gasteiger partial charge in [-0.2, -0.15) is 4.31 Å². The lowest BCUT2D eigenvalue weighted by Crippen LogP contribution is -2.35. The summed E-state index contributed by atoms with van der Waals surface area (Å²) in [7, 11) is -7.90. The number of nitrogens with one attached hydrogen (secondary N) is 2. The van der Waals surface area contributed by atoms with Gasteiger partial charge < -0.3 is 15.2 Å². The highest BCUT2D eigenvalue weighted by molar-refractivity contribution is 7.90. The zero-order chi connectivity index (χ0) is 34.6. The second-order valence-electron chi connectivity index (χ2n) is 10.9. The average Bonchev–Trinajstić information content (AvgIpc) is 3.01. The van der Waals surface area contributed by atoms with Gasteiger partial charge in [-0.3, -0.25) is 14.6 Å². The molecule has 1 heterocycles. The van der Waals surface area contributed by atoms with Gasteiger partial charge in [0.2, 0.25) is 26.0 Å². The molecule has 0 radical (unpaired) electrons. The maximum atomic E-state index is 14.1. The van der Waals surface area contributed by atoms with Crippen LogP contribution in [0.25, 0.3) is 11.1 Å². The predicted molar refractivity (Wildman–Crippen MR) is 180 cm³/mol. The van der Waals surface area contributed by atoms with Gasteiger partial charge in [0.05, 0.1) is 18.1 Å². The van der Waals surface area contributed by atoms with E-state index in [0.717, 1.165) is 22.3 Å². The normalized spacial score (nSPS) is 12.6. The van der Waals surface area contributed by atoms with Gasteiger partial charge >= 0.3 is 5.97 Å². The third-order valence-corrected chi connectivity index (χ3v) is 11.2. The van der Waals surface area contributed by atoms with Crippen molar-refractivity contribution >= 4 is 43.5 Å². The predicted octanol–water partition coefficient (Wildman–Crippen LogP) is 4.08. The summed E-state index contributed by atoms with van der Waals surface area (Å²) in [4.78, 5) is 27.2. The maximum absolute atomic E-state index is 14.1. The number of carboxylic acids is 1. The van der Waals surface area contributed by atoms with Gasteiger partial charge in [0.1, 0.15) is 0 Å². The monoisotopic (exact) mass is 708 g/mol. The molecule has 15 heteroatoms. The van der Waals surface area contributed by atoms with E-state index in [4.69, 9.17) is 21.4 Å². The number of rotatable bonds is 19. The fourth-order valence-electron chi connectivity index (χ4n) is 4.93. The minimum Gasteiger partial charge on any atom is -0.480 e. The second-order valence-corrected chi connectivity index (χ2v) is 15.0. The van der Waals surface area contributed by atoms with Crippen LogP contribution in [0.5, 0.6) is 0 Å². The number of carboxylic acid groups (broad SMARTS) is 1. The van der Waals surface area contributed by atoms with Crippen molar-refractivity contribution < 1.29 is 36.3 Å². The van der Waals surface area contributed by atoms with E-state index in [9.17, 15) is 26.4 Å². The molecule has 3 aromatic rings. The molecule has 0 spiro atoms. The summed E-state index contributed by atoms with van der Waals surface area (Å²) in [6, 6.07) is 14.0. The molecule has 1 atom stereocenters. The molecular formula is C32H41ClN4O8S2. The minimum atomic E-state index is -3.98. The molecule has 1 amide bonds. The number of hydrogen-bond acceptors (Lipinski definition) is 8. The van der Waals surface area contributed by atoms with Crippen molar-refractivity contribution in [3.8, 4) is 11.1 Å². The molecule has 12 nitrogen and oxygen atoms in total. The highest BCUT2D eigenvalue weighted by atomic mass is 35.5. The standard InChI is InChI=1S/C32H41ClN4O8S2/c1-23-21-34-14-13-28(23)27-9-6-8-26(20-27)25(3)37(47(43,44)30-11-7-10-29(33)24(30)2)17-5-4-12-31(38)35-15-18-45-19-16-36-46(41,42)22-32(39)40/h6-11,13-14,20-21,25,36H,4-5,12,15-19,22H2,1-3H3,(H,35,38)(H,39,40)/t25-/m0/s1. The number of pyridine rings is 1. The van der Waals surface area contributed by atoms with E-state index in [2.05, 4.69) is 15.0 Å². The average molecular weight is 709 g/mol. The number of amides is 1. The number of unbranched alkanes of at least 4 members (excludes halogenated alkanes) is 1. The SMILES string of the molecule is Cc1cnccc1-c1cccc([C@H](C)N(CCCCC(=O)NCCOCCNS(=O)(=O)CC(=O)O)S(=O)(=O)c2cccc(Cl)c2C)c1. The minimum absolute atomic E-state index is 0.00832. The summed E-state index contributed by atoms with van der Waals surface area (Å²) in [6.07, 6.45) is 4.53. The summed E-state index contributed by atoms with van der Waals surface area (Å²) >= 11 is 6.31. The van der Waals surface area contributed by atoms with E-state index in [0.29, 0.717) is 23.4 Å². The van der Waals surface area contributed by atoms with Gasteiger partial charge in [-0.15, -0.1) is 0 Å². The third kappa shape index (κ3) is 11.4. The largest absolute Gasteiger partial charge is 0.480 e. The molecular weight excluding hydrogens is 668 g/mol. The van der Waals surface area contributed by atoms with Crippen LogP contribution in [-0.2, 0) is 34.4 Å². The Morgan fingerprint density at radius 1 is 1.02 bits per heavy atom. The smallest absolute Gasteiger partial charge is 0.320 e. The molecule has 0 unspecified atom stereocenters. The van der Waals surface area contributed by atoms with Crippen molar-refractivity contribution in [1.29, 1.82) is 0 Å². The second kappa shape index (κ2) is 17.7. The number of sulfonamides is 2. The number of ether oxygens (including phenoxy) is 1. The first-order chi connectivity index (χ1) is 22.2. The van der Waals surface area contributed by atoms with Crippen molar-refractivity contribution in [3.63, 3.8) is 0 Å². The molecule has 0 bridgehead atoms. The zero-order valence-electron chi connectivity index (χ0n) is 26.6. The van der Waals surface area contributed by atoms with Crippen molar-refractivity contribution in [1.82, 2.24) is 19.3 Å². The summed E-state index contributed by atoms with van der Waals surface area (Å²) in [6.45, 7) is 5.91. The number of benzene rings is 2. The third-order valence-electron chi connectivity index (χ3n) is 7.42. The fourth-order valence-corrected chi connectivity index (χ4v) is 7.89. The number of carbonyl (C=O) groups is 2. The van der Waals surface area contributed by atoms with Crippen molar-refractivity contribution in [2.45, 2.75) is 51.0 Å². The zero-order valence-corrected chi connectivity index (χ0v) is 29.0. The van der Waals surface area contributed by atoms with E-state index in [1.54, 1.807) is 37.5 Å². The van der Waals surface area contributed by atoms with Crippen LogP contribution in [0.1, 0.15) is 48.9 Å². The molecule has 0 fully saturated rings. The van der Waals surface area contributed by atoms with E-state index in [1.165, 1.54) is 4.31 Å². The molecule has 1 aromatic heterocycles. The van der Waals surface area contributed by atoms with Crippen molar-refractivity contribution in [3.05, 3.63) is 82.6 Å². The van der Waals surface area contributed by atoms with Crippen LogP contribution in [-0.4, -0.2) is 81.7 Å². The highest BCUT2D eigenvalue weighted by Gasteiger charge is 2.31. The summed E-state index contributed by atoms with van der Waals surface area (Å²) in [5, 5.41) is 11.7. The molecule has 0 aliphatic carbocycles. The van der Waals surface area contributed by atoms with E-state index in [1.807, 2.05) is 44.2 Å². The maximum Gasteiger partial charge on any atom is 0.320 e. The van der Waals surface area contributed by atoms with Crippen LogP contribution in [0.2, 0.25) is 5.02 Å². The Hall–Kier alpha value is -3.40. The van der Waals surface area contributed by atoms with Crippen LogP contribution in [0.4, 0.5) is 0 Å². The number of halogens is 1. The lowest BCUT2D eigenvalue weighted by molar-refractivity contribution is -0.134. The first-order valence-corrected chi connectivity index (χ1v) is 18.5. The first-order valence-electron chi connectivity index (χ1n) is 15.0. The fraction of sp³-hybridized carbons (Fsp3) is 0.406. The lowest BCUT2D eigenvalue weighted by Gasteiger charge is -2.30. The highest BCUT2D eigenvalue weighted by Crippen LogP contribution is 2.33. The van der Waals surface area contributed by atoms with Gasteiger partial charge in [-0.05, 0) is 85.7 Å². The van der Waals surface area contributed by atoms with E-state index >= 15 is 0 Å². The molecule has 0 saturated carbocycles. The Kier molecular flexibility index (Phi) is 14.3. The Bertz CT molecular complexity index is 1750. The Morgan fingerprint density at radius 3 is 2.47 bits per heavy atom. The van der Waals surface area contributed by atoms with Crippen LogP contribution < -0.4 is 10.0 Å². The van der Waals surface area contributed by atoms with E-state index in [-0.39, 0.29) is 50.1 Å². The van der Waals surface area contributed by atoms with Gasteiger partial charge in [-0.25, -0.2) is 21.6 Å². The molecule has 0 saturated heterocycles. The number of hydrogen-bond donors (Lipinski definition) is 3. The Balaban J connectivity index is 1.61. The van der Waals surface area contributed by atoms with Gasteiger partial charge in [0.15, 0.2) is 5.75 Å². The van der Waals surface area contributed by atoms with E-state index < -0.39 is 37.8 Å². The number of carbonyl (C=O) groups excluding carboxylic acids is 1. The summed E-state index contributed by atoms with van der Waals surface area (Å²) < 4.78 is 60.0. The molecule has 0 aliphatic heterocycles. The molecule has 0 aliphatic rings. The van der Waals surface area contributed by atoms with Gasteiger partial charge in [-0.1, -0.05) is 35.9 Å². The van der Waals surface area contributed by atoms with Crippen molar-refractivity contribution in [2.75, 3.05) is 38.6 Å². The van der Waals surface area contributed by atoms with Gasteiger partial charge in [0, 0.05) is 49.5 Å². The molecule has 47 heavy (non-hydrogen) atoms. The van der Waals surface area contributed by atoms with Crippen LogP contribution >= 0.6 is 11.6 Å². The topological polar surface area (TPSA) is 172 Å². The van der Waals surface area contributed by atoms with Gasteiger partial charge in [0.25, 0.3) is 0 Å².